The molecule has 4 rings (SSSR count). The first kappa shape index (κ1) is 20.6. The van der Waals surface area contributed by atoms with E-state index in [2.05, 4.69) is 15.5 Å². The van der Waals surface area contributed by atoms with Crippen molar-refractivity contribution in [2.75, 3.05) is 31.0 Å². The smallest absolute Gasteiger partial charge is 0.231 e. The zero-order valence-corrected chi connectivity index (χ0v) is 18.0. The molecular weight excluding hydrogens is 404 g/mol. The lowest BCUT2D eigenvalue weighted by atomic mass is 9.90. The highest BCUT2D eigenvalue weighted by molar-refractivity contribution is 7.15. The van der Waals surface area contributed by atoms with Gasteiger partial charge in [-0.25, -0.2) is 0 Å². The lowest BCUT2D eigenvalue weighted by Gasteiger charge is -2.20. The molecule has 8 nitrogen and oxygen atoms in total. The standard InChI is InChI=1S/C21H26N4O4S/c1-28-15-8-9-17(29-2)16(11-15)25-12-14(10-18(25)26)19(27)22-21-24-23-20(30-21)13-6-4-3-5-7-13/h8-9,11,13-14H,3-7,10,12H2,1-2H3,(H,22,24,27)/t14-/m0/s1. The number of nitrogens with zero attached hydrogens (tertiary/aromatic N) is 3. The summed E-state index contributed by atoms with van der Waals surface area (Å²) in [4.78, 5) is 27.0. The van der Waals surface area contributed by atoms with Crippen LogP contribution in [0.2, 0.25) is 0 Å². The fourth-order valence-electron chi connectivity index (χ4n) is 4.13. The Bertz CT molecular complexity index is 925. The van der Waals surface area contributed by atoms with Gasteiger partial charge in [-0.1, -0.05) is 30.6 Å². The molecule has 2 heterocycles. The van der Waals surface area contributed by atoms with E-state index in [0.717, 1.165) is 17.8 Å². The number of carbonyl (C=O) groups is 2. The van der Waals surface area contributed by atoms with E-state index < -0.39 is 5.92 Å². The van der Waals surface area contributed by atoms with Crippen molar-refractivity contribution >= 4 is 34.0 Å². The molecule has 0 spiro atoms. The molecule has 2 fully saturated rings. The van der Waals surface area contributed by atoms with E-state index in [4.69, 9.17) is 9.47 Å². The number of carbonyl (C=O) groups excluding carboxylic acids is 2. The minimum absolute atomic E-state index is 0.123. The Morgan fingerprint density at radius 1 is 1.17 bits per heavy atom. The van der Waals surface area contributed by atoms with Gasteiger partial charge in [-0.3, -0.25) is 9.59 Å². The predicted octanol–water partition coefficient (Wildman–Crippen LogP) is 3.59. The maximum atomic E-state index is 12.8. The van der Waals surface area contributed by atoms with Crippen molar-refractivity contribution in [1.29, 1.82) is 0 Å². The van der Waals surface area contributed by atoms with Gasteiger partial charge in [0.25, 0.3) is 0 Å². The molecule has 0 bridgehead atoms. The molecule has 2 aromatic rings. The quantitative estimate of drug-likeness (QED) is 0.753. The highest BCUT2D eigenvalue weighted by Gasteiger charge is 2.37. The molecule has 0 radical (unpaired) electrons. The highest BCUT2D eigenvalue weighted by atomic mass is 32.1. The molecule has 9 heteroatoms. The van der Waals surface area contributed by atoms with Crippen molar-refractivity contribution in [3.8, 4) is 11.5 Å². The Morgan fingerprint density at radius 3 is 2.70 bits per heavy atom. The lowest BCUT2D eigenvalue weighted by molar-refractivity contribution is -0.122. The van der Waals surface area contributed by atoms with E-state index in [-0.39, 0.29) is 24.8 Å². The second-order valence-corrected chi connectivity index (χ2v) is 8.72. The number of benzene rings is 1. The molecule has 1 aliphatic heterocycles. The van der Waals surface area contributed by atoms with E-state index >= 15 is 0 Å². The number of methoxy groups -OCH3 is 2. The molecule has 1 saturated carbocycles. The SMILES string of the molecule is COc1ccc(OC)c(N2C[C@@H](C(=O)Nc3nnc(C4CCCCC4)s3)CC2=O)c1. The van der Waals surface area contributed by atoms with Crippen LogP contribution in [0.4, 0.5) is 10.8 Å². The first-order valence-corrected chi connectivity index (χ1v) is 11.1. The third-order valence-corrected chi connectivity index (χ3v) is 6.80. The zero-order chi connectivity index (χ0) is 21.1. The minimum atomic E-state index is -0.463. The normalized spacial score (nSPS) is 19.7. The van der Waals surface area contributed by atoms with Crippen molar-refractivity contribution in [2.45, 2.75) is 44.4 Å². The van der Waals surface area contributed by atoms with E-state index in [1.807, 2.05) is 0 Å². The molecule has 1 N–H and O–H groups in total. The molecule has 2 aliphatic rings. The van der Waals surface area contributed by atoms with Crippen LogP contribution in [-0.4, -0.2) is 42.8 Å². The van der Waals surface area contributed by atoms with Gasteiger partial charge in [0.1, 0.15) is 16.5 Å². The van der Waals surface area contributed by atoms with Crippen LogP contribution in [0.3, 0.4) is 0 Å². The summed E-state index contributed by atoms with van der Waals surface area (Å²) < 4.78 is 10.7. The van der Waals surface area contributed by atoms with Gasteiger partial charge < -0.3 is 19.7 Å². The number of rotatable bonds is 6. The minimum Gasteiger partial charge on any atom is -0.497 e. The van der Waals surface area contributed by atoms with Gasteiger partial charge in [-0.15, -0.1) is 10.2 Å². The number of hydrogen-bond donors (Lipinski definition) is 1. The molecule has 1 saturated heterocycles. The topological polar surface area (TPSA) is 93.7 Å². The van der Waals surface area contributed by atoms with E-state index in [0.29, 0.717) is 28.2 Å². The van der Waals surface area contributed by atoms with Crippen LogP contribution in [0.1, 0.15) is 49.5 Å². The summed E-state index contributed by atoms with van der Waals surface area (Å²) in [5.41, 5.74) is 0.604. The number of hydrogen-bond acceptors (Lipinski definition) is 7. The first-order valence-electron chi connectivity index (χ1n) is 10.3. The largest absolute Gasteiger partial charge is 0.497 e. The average molecular weight is 431 g/mol. The molecule has 1 atom stereocenters. The summed E-state index contributed by atoms with van der Waals surface area (Å²) in [6.07, 6.45) is 6.14. The van der Waals surface area contributed by atoms with Crippen molar-refractivity contribution in [3.05, 3.63) is 23.2 Å². The second-order valence-electron chi connectivity index (χ2n) is 7.71. The monoisotopic (exact) mass is 430 g/mol. The van der Waals surface area contributed by atoms with Gasteiger partial charge in [0, 0.05) is 24.9 Å². The molecule has 1 aromatic carbocycles. The number of aromatic nitrogens is 2. The van der Waals surface area contributed by atoms with Crippen LogP contribution in [0.25, 0.3) is 0 Å². The van der Waals surface area contributed by atoms with Crippen LogP contribution in [0.5, 0.6) is 11.5 Å². The first-order chi connectivity index (χ1) is 14.6. The number of ether oxygens (including phenoxy) is 2. The Kier molecular flexibility index (Phi) is 6.17. The Morgan fingerprint density at radius 2 is 1.97 bits per heavy atom. The van der Waals surface area contributed by atoms with Gasteiger partial charge in [-0.2, -0.15) is 0 Å². The van der Waals surface area contributed by atoms with E-state index in [1.54, 1.807) is 37.3 Å². The third-order valence-electron chi connectivity index (χ3n) is 5.80. The average Bonchev–Trinajstić information content (AvgIpc) is 3.40. The van der Waals surface area contributed by atoms with E-state index in [9.17, 15) is 9.59 Å². The maximum Gasteiger partial charge on any atom is 0.231 e. The third kappa shape index (κ3) is 4.26. The van der Waals surface area contributed by atoms with Gasteiger partial charge in [0.15, 0.2) is 0 Å². The fraction of sp³-hybridized carbons (Fsp3) is 0.524. The molecule has 160 valence electrons. The van der Waals surface area contributed by atoms with Gasteiger partial charge in [0.05, 0.1) is 25.8 Å². The zero-order valence-electron chi connectivity index (χ0n) is 17.2. The summed E-state index contributed by atoms with van der Waals surface area (Å²) >= 11 is 1.45. The second kappa shape index (κ2) is 8.99. The lowest BCUT2D eigenvalue weighted by Crippen LogP contribution is -2.28. The van der Waals surface area contributed by atoms with Crippen LogP contribution in [0.15, 0.2) is 18.2 Å². The molecule has 1 aliphatic carbocycles. The summed E-state index contributed by atoms with van der Waals surface area (Å²) in [5.74, 6) is 0.837. The summed E-state index contributed by atoms with van der Waals surface area (Å²) in [6.45, 7) is 0.280. The summed E-state index contributed by atoms with van der Waals surface area (Å²) in [7, 11) is 3.12. The van der Waals surface area contributed by atoms with Gasteiger partial charge in [-0.05, 0) is 25.0 Å². The Labute approximate surface area is 179 Å². The molecule has 30 heavy (non-hydrogen) atoms. The number of nitrogens with one attached hydrogen (secondary N) is 1. The van der Waals surface area contributed by atoms with Crippen molar-refractivity contribution in [1.82, 2.24) is 10.2 Å². The fourth-order valence-corrected chi connectivity index (χ4v) is 5.05. The van der Waals surface area contributed by atoms with Crippen LogP contribution in [0, 0.1) is 5.92 Å². The van der Waals surface area contributed by atoms with Crippen molar-refractivity contribution < 1.29 is 19.1 Å². The molecule has 0 unspecified atom stereocenters. The predicted molar refractivity (Wildman–Crippen MR) is 114 cm³/mol. The Hall–Kier alpha value is -2.68. The number of anilines is 2. The number of amides is 2. The maximum absolute atomic E-state index is 12.8. The van der Waals surface area contributed by atoms with Crippen LogP contribution >= 0.6 is 11.3 Å². The summed E-state index contributed by atoms with van der Waals surface area (Å²) in [6, 6.07) is 5.27. The van der Waals surface area contributed by atoms with Crippen LogP contribution in [-0.2, 0) is 9.59 Å². The highest BCUT2D eigenvalue weighted by Crippen LogP contribution is 2.37. The van der Waals surface area contributed by atoms with E-state index in [1.165, 1.54) is 30.6 Å². The van der Waals surface area contributed by atoms with Crippen LogP contribution < -0.4 is 19.7 Å². The molecular formula is C21H26N4O4S. The van der Waals surface area contributed by atoms with Gasteiger partial charge in [0.2, 0.25) is 16.9 Å². The summed E-state index contributed by atoms with van der Waals surface area (Å²) in [5, 5.41) is 12.8. The van der Waals surface area contributed by atoms with Crippen molar-refractivity contribution in [2.24, 2.45) is 5.92 Å². The molecule has 1 aromatic heterocycles. The Balaban J connectivity index is 1.43. The van der Waals surface area contributed by atoms with Crippen molar-refractivity contribution in [3.63, 3.8) is 0 Å². The molecule has 2 amide bonds. The van der Waals surface area contributed by atoms with Gasteiger partial charge >= 0.3 is 0 Å².